The fraction of sp³-hybridized carbons (Fsp3) is 0.900. The van der Waals surface area contributed by atoms with Crippen molar-refractivity contribution in [2.45, 2.75) is 45.4 Å². The van der Waals surface area contributed by atoms with Gasteiger partial charge in [-0.2, -0.15) is 0 Å². The monoisotopic (exact) mass is 219 g/mol. The Kier molecular flexibility index (Phi) is 3.78. The molecule has 4 heteroatoms. The summed E-state index contributed by atoms with van der Waals surface area (Å²) in [7, 11) is 0. The molecule has 0 radical (unpaired) electrons. The first kappa shape index (κ1) is 11.8. The first-order chi connectivity index (χ1) is 6.49. The van der Waals surface area contributed by atoms with E-state index < -0.39 is 6.10 Å². The summed E-state index contributed by atoms with van der Waals surface area (Å²) in [6.45, 7) is 5.42. The second-order valence-corrected chi connectivity index (χ2v) is 4.47. The maximum Gasteiger partial charge on any atom is 0.220 e. The van der Waals surface area contributed by atoms with Crippen LogP contribution in [0.3, 0.4) is 0 Å². The smallest absolute Gasteiger partial charge is 0.220 e. The quantitative estimate of drug-likeness (QED) is 0.674. The molecule has 14 heavy (non-hydrogen) atoms. The van der Waals surface area contributed by atoms with Gasteiger partial charge in [0.1, 0.15) is 0 Å². The molecule has 4 unspecified atom stereocenters. The summed E-state index contributed by atoms with van der Waals surface area (Å²) in [6.07, 6.45) is 0.293. The van der Waals surface area contributed by atoms with Crippen LogP contribution < -0.4 is 0 Å². The van der Waals surface area contributed by atoms with Gasteiger partial charge in [-0.3, -0.25) is 4.79 Å². The highest BCUT2D eigenvalue weighted by molar-refractivity contribution is 6.18. The lowest BCUT2D eigenvalue weighted by molar-refractivity contribution is -0.142. The van der Waals surface area contributed by atoms with Crippen LogP contribution in [0, 0.1) is 5.92 Å². The number of amides is 1. The van der Waals surface area contributed by atoms with Crippen molar-refractivity contribution >= 4 is 17.5 Å². The van der Waals surface area contributed by atoms with Crippen LogP contribution >= 0.6 is 11.6 Å². The number of hydrogen-bond donors (Lipinski definition) is 1. The van der Waals surface area contributed by atoms with Gasteiger partial charge in [-0.1, -0.05) is 0 Å². The minimum absolute atomic E-state index is 0.0251. The summed E-state index contributed by atoms with van der Waals surface area (Å²) in [5.74, 6) is 0.594. The third kappa shape index (κ3) is 2.04. The molecule has 1 rings (SSSR count). The van der Waals surface area contributed by atoms with E-state index in [0.717, 1.165) is 6.42 Å². The van der Waals surface area contributed by atoms with Crippen molar-refractivity contribution in [2.75, 3.05) is 5.88 Å². The fourth-order valence-electron chi connectivity index (χ4n) is 2.40. The first-order valence-corrected chi connectivity index (χ1v) is 5.55. The number of halogens is 1. The van der Waals surface area contributed by atoms with Gasteiger partial charge in [0.15, 0.2) is 0 Å². The summed E-state index contributed by atoms with van der Waals surface area (Å²) >= 11 is 5.77. The largest absolute Gasteiger partial charge is 0.391 e. The minimum Gasteiger partial charge on any atom is -0.391 e. The van der Waals surface area contributed by atoms with E-state index >= 15 is 0 Å². The Morgan fingerprint density at radius 2 is 2.14 bits per heavy atom. The lowest BCUT2D eigenvalue weighted by Gasteiger charge is -2.45. The first-order valence-electron chi connectivity index (χ1n) is 5.02. The van der Waals surface area contributed by atoms with Gasteiger partial charge in [0.2, 0.25) is 5.91 Å². The molecule has 0 aromatic carbocycles. The molecule has 1 aliphatic rings. The van der Waals surface area contributed by atoms with E-state index in [1.54, 1.807) is 11.8 Å². The summed E-state index contributed by atoms with van der Waals surface area (Å²) in [5.41, 5.74) is 0. The van der Waals surface area contributed by atoms with Crippen LogP contribution in [0.2, 0.25) is 0 Å². The van der Waals surface area contributed by atoms with Crippen molar-refractivity contribution in [1.82, 2.24) is 4.90 Å². The highest BCUT2D eigenvalue weighted by Crippen LogP contribution is 2.28. The van der Waals surface area contributed by atoms with Crippen LogP contribution in [0.5, 0.6) is 0 Å². The van der Waals surface area contributed by atoms with Crippen LogP contribution in [0.1, 0.15) is 27.2 Å². The Labute approximate surface area is 90.0 Å². The van der Waals surface area contributed by atoms with Gasteiger partial charge in [0.05, 0.1) is 12.1 Å². The van der Waals surface area contributed by atoms with Gasteiger partial charge in [-0.15, -0.1) is 11.6 Å². The van der Waals surface area contributed by atoms with Gasteiger partial charge in [0, 0.05) is 24.8 Å². The molecule has 0 spiro atoms. The number of aliphatic hydroxyl groups is 1. The maximum absolute atomic E-state index is 11.3. The van der Waals surface area contributed by atoms with Crippen molar-refractivity contribution in [3.63, 3.8) is 0 Å². The van der Waals surface area contributed by atoms with Gasteiger partial charge in [0.25, 0.3) is 0 Å². The zero-order chi connectivity index (χ0) is 10.9. The SMILES string of the molecule is CC(=O)N1C(C)CC(CCl)C(O)C1C. The number of hydrogen-bond acceptors (Lipinski definition) is 2. The Morgan fingerprint density at radius 3 is 2.57 bits per heavy atom. The summed E-state index contributed by atoms with van der Waals surface area (Å²) in [4.78, 5) is 13.1. The average Bonchev–Trinajstić information content (AvgIpc) is 2.10. The van der Waals surface area contributed by atoms with E-state index in [1.807, 2.05) is 13.8 Å². The van der Waals surface area contributed by atoms with Crippen molar-refractivity contribution < 1.29 is 9.90 Å². The second-order valence-electron chi connectivity index (χ2n) is 4.16. The van der Waals surface area contributed by atoms with Crippen LogP contribution in [0.15, 0.2) is 0 Å². The lowest BCUT2D eigenvalue weighted by atomic mass is 9.85. The van der Waals surface area contributed by atoms with Gasteiger partial charge in [-0.05, 0) is 20.3 Å². The molecule has 82 valence electrons. The van der Waals surface area contributed by atoms with E-state index in [0.29, 0.717) is 5.88 Å². The van der Waals surface area contributed by atoms with Crippen LogP contribution in [0.4, 0.5) is 0 Å². The fourth-order valence-corrected chi connectivity index (χ4v) is 2.71. The van der Waals surface area contributed by atoms with E-state index in [1.165, 1.54) is 0 Å². The molecule has 0 aromatic rings. The van der Waals surface area contributed by atoms with Crippen molar-refractivity contribution in [2.24, 2.45) is 5.92 Å². The Balaban J connectivity index is 2.79. The number of likely N-dealkylation sites (tertiary alicyclic amines) is 1. The Hall–Kier alpha value is -0.280. The number of carbonyl (C=O) groups excluding carboxylic acids is 1. The van der Waals surface area contributed by atoms with E-state index in [2.05, 4.69) is 0 Å². The molecule has 3 nitrogen and oxygen atoms in total. The van der Waals surface area contributed by atoms with Gasteiger partial charge >= 0.3 is 0 Å². The molecule has 1 heterocycles. The molecular weight excluding hydrogens is 202 g/mol. The summed E-state index contributed by atoms with van der Waals surface area (Å²) < 4.78 is 0. The third-order valence-electron chi connectivity index (χ3n) is 3.10. The molecule has 0 aromatic heterocycles. The number of piperidine rings is 1. The molecular formula is C10H18ClNO2. The number of nitrogens with zero attached hydrogens (tertiary/aromatic N) is 1. The summed E-state index contributed by atoms with van der Waals surface area (Å²) in [5, 5.41) is 9.90. The molecule has 4 atom stereocenters. The molecule has 1 N–H and O–H groups in total. The second kappa shape index (κ2) is 4.49. The molecule has 1 amide bonds. The lowest BCUT2D eigenvalue weighted by Crippen LogP contribution is -2.56. The molecule has 1 saturated heterocycles. The number of carbonyl (C=O) groups is 1. The van der Waals surface area contributed by atoms with Crippen molar-refractivity contribution in [3.05, 3.63) is 0 Å². The summed E-state index contributed by atoms with van der Waals surface area (Å²) in [6, 6.07) is 0.0506. The molecule has 0 saturated carbocycles. The molecule has 1 fully saturated rings. The zero-order valence-electron chi connectivity index (χ0n) is 8.90. The molecule has 0 aliphatic carbocycles. The van der Waals surface area contributed by atoms with Crippen molar-refractivity contribution in [3.8, 4) is 0 Å². The van der Waals surface area contributed by atoms with E-state index in [9.17, 15) is 9.90 Å². The number of rotatable bonds is 1. The molecule has 1 aliphatic heterocycles. The standard InChI is InChI=1S/C10H18ClNO2/c1-6-4-9(5-11)10(14)7(2)12(6)8(3)13/h6-7,9-10,14H,4-5H2,1-3H3. The molecule has 0 bridgehead atoms. The van der Waals surface area contributed by atoms with Gasteiger partial charge in [-0.25, -0.2) is 0 Å². The highest BCUT2D eigenvalue weighted by atomic mass is 35.5. The normalized spacial score (nSPS) is 38.5. The minimum atomic E-state index is -0.493. The van der Waals surface area contributed by atoms with Crippen LogP contribution in [-0.4, -0.2) is 40.0 Å². The predicted octanol–water partition coefficient (Wildman–Crippen LogP) is 1.23. The van der Waals surface area contributed by atoms with Gasteiger partial charge < -0.3 is 10.0 Å². The highest BCUT2D eigenvalue weighted by Gasteiger charge is 2.38. The maximum atomic E-state index is 11.3. The third-order valence-corrected chi connectivity index (χ3v) is 3.49. The number of alkyl halides is 1. The van der Waals surface area contributed by atoms with E-state index in [4.69, 9.17) is 11.6 Å². The zero-order valence-corrected chi connectivity index (χ0v) is 9.66. The predicted molar refractivity (Wildman–Crippen MR) is 56.3 cm³/mol. The van der Waals surface area contributed by atoms with Crippen LogP contribution in [0.25, 0.3) is 0 Å². The average molecular weight is 220 g/mol. The van der Waals surface area contributed by atoms with Crippen molar-refractivity contribution in [1.29, 1.82) is 0 Å². The Bertz CT molecular complexity index is 222. The van der Waals surface area contributed by atoms with Crippen LogP contribution in [-0.2, 0) is 4.79 Å². The van der Waals surface area contributed by atoms with E-state index in [-0.39, 0.29) is 23.9 Å². The Morgan fingerprint density at radius 1 is 1.57 bits per heavy atom. The topological polar surface area (TPSA) is 40.5 Å². The number of aliphatic hydroxyl groups excluding tert-OH is 1.